The predicted octanol–water partition coefficient (Wildman–Crippen LogP) is 3.29. The Morgan fingerprint density at radius 2 is 2.15 bits per heavy atom. The van der Waals surface area contributed by atoms with Crippen LogP contribution in [0.2, 0.25) is 0 Å². The minimum Gasteiger partial charge on any atom is -0.359 e. The third kappa shape index (κ3) is 1.46. The van der Waals surface area contributed by atoms with E-state index in [1.54, 1.807) is 0 Å². The molecule has 1 aliphatic heterocycles. The third-order valence-corrected chi connectivity index (χ3v) is 2.52. The minimum atomic E-state index is 0.598. The second-order valence-corrected chi connectivity index (χ2v) is 3.98. The van der Waals surface area contributed by atoms with Crippen LogP contribution in [0, 0.1) is 0 Å². The summed E-state index contributed by atoms with van der Waals surface area (Å²) in [7, 11) is 0. The first kappa shape index (κ1) is 8.36. The maximum Gasteiger partial charge on any atom is 0.0421 e. The van der Waals surface area contributed by atoms with Gasteiger partial charge < -0.3 is 5.32 Å². The van der Waals surface area contributed by atoms with Gasteiger partial charge in [-0.1, -0.05) is 32.6 Å². The lowest BCUT2D eigenvalue weighted by atomic mass is 10.0. The molecule has 1 aliphatic rings. The van der Waals surface area contributed by atoms with Gasteiger partial charge in [0.05, 0.1) is 0 Å². The second kappa shape index (κ2) is 2.91. The molecule has 1 nitrogen and oxygen atoms in total. The SMILES string of the molecule is C=C1Cc2ccc(C(C)C)cc2N1. The van der Waals surface area contributed by atoms with E-state index in [1.165, 1.54) is 16.8 Å². The number of hydrogen-bond acceptors (Lipinski definition) is 1. The summed E-state index contributed by atoms with van der Waals surface area (Å²) in [4.78, 5) is 0. The van der Waals surface area contributed by atoms with E-state index >= 15 is 0 Å². The molecule has 0 radical (unpaired) electrons. The number of allylic oxidation sites excluding steroid dienone is 1. The van der Waals surface area contributed by atoms with Gasteiger partial charge in [0.1, 0.15) is 0 Å². The van der Waals surface area contributed by atoms with Crippen LogP contribution in [0.25, 0.3) is 0 Å². The Hall–Kier alpha value is -1.24. The molecule has 0 spiro atoms. The number of fused-ring (bicyclic) bond motifs is 1. The zero-order chi connectivity index (χ0) is 9.42. The molecule has 1 heteroatoms. The van der Waals surface area contributed by atoms with E-state index in [4.69, 9.17) is 0 Å². The van der Waals surface area contributed by atoms with Crippen molar-refractivity contribution in [3.05, 3.63) is 41.6 Å². The summed E-state index contributed by atoms with van der Waals surface area (Å²) in [5.41, 5.74) is 5.11. The third-order valence-electron chi connectivity index (χ3n) is 2.52. The van der Waals surface area contributed by atoms with Crippen LogP contribution >= 0.6 is 0 Å². The molecule has 13 heavy (non-hydrogen) atoms. The summed E-state index contributed by atoms with van der Waals surface area (Å²) < 4.78 is 0. The fourth-order valence-corrected chi connectivity index (χ4v) is 1.69. The van der Waals surface area contributed by atoms with E-state index in [0.29, 0.717) is 5.92 Å². The first-order chi connectivity index (χ1) is 6.16. The average molecular weight is 173 g/mol. The number of nitrogens with one attached hydrogen (secondary N) is 1. The maximum absolute atomic E-state index is 3.93. The predicted molar refractivity (Wildman–Crippen MR) is 57.0 cm³/mol. The Balaban J connectivity index is 2.40. The normalized spacial score (nSPS) is 14.5. The molecule has 0 fully saturated rings. The summed E-state index contributed by atoms with van der Waals surface area (Å²) in [6.07, 6.45) is 0.980. The monoisotopic (exact) mass is 173 g/mol. The largest absolute Gasteiger partial charge is 0.359 e. The van der Waals surface area contributed by atoms with E-state index < -0.39 is 0 Å². The highest BCUT2D eigenvalue weighted by atomic mass is 14.9. The molecule has 1 heterocycles. The summed E-state index contributed by atoms with van der Waals surface area (Å²) in [5, 5.41) is 3.30. The van der Waals surface area contributed by atoms with Gasteiger partial charge in [-0.3, -0.25) is 0 Å². The topological polar surface area (TPSA) is 12.0 Å². The molecule has 0 unspecified atom stereocenters. The highest BCUT2D eigenvalue weighted by Crippen LogP contribution is 2.30. The van der Waals surface area contributed by atoms with Gasteiger partial charge >= 0.3 is 0 Å². The number of hydrogen-bond donors (Lipinski definition) is 1. The average Bonchev–Trinajstić information content (AvgIpc) is 2.42. The fraction of sp³-hybridized carbons (Fsp3) is 0.333. The lowest BCUT2D eigenvalue weighted by molar-refractivity contribution is 0.867. The molecule has 68 valence electrons. The molecule has 1 N–H and O–H groups in total. The second-order valence-electron chi connectivity index (χ2n) is 3.98. The molecule has 1 aromatic rings. The highest BCUT2D eigenvalue weighted by Gasteiger charge is 2.13. The van der Waals surface area contributed by atoms with Crippen LogP contribution < -0.4 is 5.32 Å². The van der Waals surface area contributed by atoms with E-state index in [1.807, 2.05) is 0 Å². The van der Waals surface area contributed by atoms with Crippen molar-refractivity contribution in [1.29, 1.82) is 0 Å². The summed E-state index contributed by atoms with van der Waals surface area (Å²) >= 11 is 0. The number of benzene rings is 1. The minimum absolute atomic E-state index is 0.598. The molecule has 0 aliphatic carbocycles. The van der Waals surface area contributed by atoms with Crippen LogP contribution in [0.4, 0.5) is 5.69 Å². The van der Waals surface area contributed by atoms with E-state index in [9.17, 15) is 0 Å². The lowest BCUT2D eigenvalue weighted by Crippen LogP contribution is -1.90. The summed E-state index contributed by atoms with van der Waals surface area (Å²) in [6.45, 7) is 8.36. The van der Waals surface area contributed by atoms with Gasteiger partial charge in [-0.2, -0.15) is 0 Å². The molecular weight excluding hydrogens is 158 g/mol. The maximum atomic E-state index is 3.93. The Bertz CT molecular complexity index is 350. The van der Waals surface area contributed by atoms with E-state index in [-0.39, 0.29) is 0 Å². The van der Waals surface area contributed by atoms with Crippen LogP contribution in [0.3, 0.4) is 0 Å². The van der Waals surface area contributed by atoms with Gasteiger partial charge in [-0.05, 0) is 23.1 Å². The molecule has 0 saturated carbocycles. The van der Waals surface area contributed by atoms with Crippen molar-refractivity contribution >= 4 is 5.69 Å². The van der Waals surface area contributed by atoms with Crippen molar-refractivity contribution in [3.8, 4) is 0 Å². The molecule has 0 atom stereocenters. The Kier molecular flexibility index (Phi) is 1.87. The van der Waals surface area contributed by atoms with Gasteiger partial charge in [0.2, 0.25) is 0 Å². The van der Waals surface area contributed by atoms with Crippen molar-refractivity contribution in [2.45, 2.75) is 26.2 Å². The quantitative estimate of drug-likeness (QED) is 0.687. The van der Waals surface area contributed by atoms with Gasteiger partial charge in [0.15, 0.2) is 0 Å². The smallest absolute Gasteiger partial charge is 0.0421 e. The lowest BCUT2D eigenvalue weighted by Gasteiger charge is -2.07. The van der Waals surface area contributed by atoms with Crippen molar-refractivity contribution in [2.24, 2.45) is 0 Å². The van der Waals surface area contributed by atoms with Crippen LogP contribution in [-0.4, -0.2) is 0 Å². The van der Waals surface area contributed by atoms with Crippen molar-refractivity contribution in [1.82, 2.24) is 0 Å². The first-order valence-corrected chi connectivity index (χ1v) is 4.74. The summed E-state index contributed by atoms with van der Waals surface area (Å²) in [6, 6.07) is 6.65. The van der Waals surface area contributed by atoms with Crippen molar-refractivity contribution < 1.29 is 0 Å². The zero-order valence-electron chi connectivity index (χ0n) is 8.22. The van der Waals surface area contributed by atoms with E-state index in [2.05, 4.69) is 43.9 Å². The fourth-order valence-electron chi connectivity index (χ4n) is 1.69. The van der Waals surface area contributed by atoms with E-state index in [0.717, 1.165) is 12.1 Å². The molecule has 2 rings (SSSR count). The molecule has 0 bridgehead atoms. The summed E-state index contributed by atoms with van der Waals surface area (Å²) in [5.74, 6) is 0.598. The zero-order valence-corrected chi connectivity index (χ0v) is 8.22. The molecule has 1 aromatic carbocycles. The Morgan fingerprint density at radius 3 is 2.85 bits per heavy atom. The van der Waals surface area contributed by atoms with Crippen molar-refractivity contribution in [2.75, 3.05) is 5.32 Å². The Labute approximate surface area is 79.5 Å². The standard InChI is InChI=1S/C12H15N/c1-8(2)10-4-5-11-6-9(3)13-12(11)7-10/h4-5,7-8,13H,3,6H2,1-2H3. The van der Waals surface area contributed by atoms with Gasteiger partial charge in [0.25, 0.3) is 0 Å². The molecular formula is C12H15N. The van der Waals surface area contributed by atoms with Crippen LogP contribution in [-0.2, 0) is 6.42 Å². The Morgan fingerprint density at radius 1 is 1.38 bits per heavy atom. The van der Waals surface area contributed by atoms with Gasteiger partial charge in [-0.25, -0.2) is 0 Å². The first-order valence-electron chi connectivity index (χ1n) is 4.74. The van der Waals surface area contributed by atoms with Gasteiger partial charge in [-0.15, -0.1) is 0 Å². The molecule has 0 aromatic heterocycles. The number of rotatable bonds is 1. The molecule has 0 amide bonds. The van der Waals surface area contributed by atoms with Crippen molar-refractivity contribution in [3.63, 3.8) is 0 Å². The van der Waals surface area contributed by atoms with Gasteiger partial charge in [0, 0.05) is 17.8 Å². The number of anilines is 1. The molecule has 0 saturated heterocycles. The van der Waals surface area contributed by atoms with Crippen LogP contribution in [0.15, 0.2) is 30.5 Å². The highest BCUT2D eigenvalue weighted by molar-refractivity contribution is 5.63. The van der Waals surface area contributed by atoms with Crippen LogP contribution in [0.1, 0.15) is 30.9 Å². The van der Waals surface area contributed by atoms with Crippen LogP contribution in [0.5, 0.6) is 0 Å².